The molecular formula is C10H15N3O3. The number of oxazole rings is 1. The summed E-state index contributed by atoms with van der Waals surface area (Å²) in [6.45, 7) is 0.427. The summed E-state index contributed by atoms with van der Waals surface area (Å²) in [6, 6.07) is -0.676. The highest BCUT2D eigenvalue weighted by atomic mass is 16.3. The molecule has 1 aromatic heterocycles. The van der Waals surface area contributed by atoms with Crippen LogP contribution in [0.2, 0.25) is 0 Å². The summed E-state index contributed by atoms with van der Waals surface area (Å²) in [7, 11) is 0. The lowest BCUT2D eigenvalue weighted by Crippen LogP contribution is -2.26. The Hall–Kier alpha value is -1.40. The van der Waals surface area contributed by atoms with Crippen LogP contribution in [0.25, 0.3) is 0 Å². The van der Waals surface area contributed by atoms with E-state index in [9.17, 15) is 4.79 Å². The van der Waals surface area contributed by atoms with Crippen molar-refractivity contribution in [3.8, 4) is 0 Å². The third kappa shape index (κ3) is 2.59. The minimum Gasteiger partial charge on any atom is -0.446 e. The lowest BCUT2D eigenvalue weighted by molar-refractivity contribution is 0.0946. The van der Waals surface area contributed by atoms with Crippen LogP contribution >= 0.6 is 0 Å². The molecule has 0 spiro atoms. The Morgan fingerprint density at radius 2 is 2.50 bits per heavy atom. The topological polar surface area (TPSA) is 101 Å². The van der Waals surface area contributed by atoms with Gasteiger partial charge in [-0.1, -0.05) is 0 Å². The van der Waals surface area contributed by atoms with Gasteiger partial charge in [0.1, 0.15) is 12.3 Å². The Kier molecular flexibility index (Phi) is 3.21. The van der Waals surface area contributed by atoms with E-state index in [-0.39, 0.29) is 24.1 Å². The van der Waals surface area contributed by atoms with Gasteiger partial charge in [0.2, 0.25) is 5.89 Å². The molecule has 6 heteroatoms. The highest BCUT2D eigenvalue weighted by molar-refractivity contribution is 5.91. The Morgan fingerprint density at radius 3 is 3.12 bits per heavy atom. The molecule has 2 rings (SSSR count). The van der Waals surface area contributed by atoms with Crippen LogP contribution in [0.15, 0.2) is 10.7 Å². The molecule has 88 valence electrons. The van der Waals surface area contributed by atoms with Crippen LogP contribution in [0.5, 0.6) is 0 Å². The maximum Gasteiger partial charge on any atom is 0.273 e. The summed E-state index contributed by atoms with van der Waals surface area (Å²) >= 11 is 0. The average molecular weight is 225 g/mol. The number of carbonyl (C=O) groups is 1. The fourth-order valence-corrected chi connectivity index (χ4v) is 1.29. The number of amides is 1. The van der Waals surface area contributed by atoms with Crippen LogP contribution in [-0.4, -0.2) is 29.1 Å². The Bertz CT molecular complexity index is 373. The van der Waals surface area contributed by atoms with Gasteiger partial charge < -0.3 is 20.6 Å². The van der Waals surface area contributed by atoms with Gasteiger partial charge in [0.15, 0.2) is 5.69 Å². The molecule has 1 fully saturated rings. The highest BCUT2D eigenvalue weighted by Crippen LogP contribution is 2.27. The number of aliphatic hydroxyl groups excluding tert-OH is 1. The van der Waals surface area contributed by atoms with E-state index in [0.29, 0.717) is 12.5 Å². The quantitative estimate of drug-likeness (QED) is 0.644. The van der Waals surface area contributed by atoms with Crippen LogP contribution in [0.1, 0.15) is 35.3 Å². The van der Waals surface area contributed by atoms with Crippen molar-refractivity contribution in [3.63, 3.8) is 0 Å². The molecule has 0 saturated heterocycles. The number of nitrogens with two attached hydrogens (primary N) is 1. The van der Waals surface area contributed by atoms with E-state index in [4.69, 9.17) is 15.3 Å². The molecule has 4 N–H and O–H groups in total. The molecule has 16 heavy (non-hydrogen) atoms. The normalized spacial score (nSPS) is 17.1. The Balaban J connectivity index is 1.91. The lowest BCUT2D eigenvalue weighted by Gasteiger charge is -2.01. The third-order valence-corrected chi connectivity index (χ3v) is 2.52. The van der Waals surface area contributed by atoms with Crippen LogP contribution in [0.4, 0.5) is 0 Å². The maximum atomic E-state index is 11.6. The zero-order valence-corrected chi connectivity index (χ0v) is 8.85. The van der Waals surface area contributed by atoms with Crippen molar-refractivity contribution in [2.75, 3.05) is 13.2 Å². The van der Waals surface area contributed by atoms with Crippen LogP contribution in [0, 0.1) is 5.92 Å². The number of nitrogens with one attached hydrogen (secondary N) is 1. The monoisotopic (exact) mass is 225 g/mol. The number of hydrogen-bond donors (Lipinski definition) is 3. The zero-order chi connectivity index (χ0) is 11.5. The number of aliphatic hydroxyl groups is 1. The predicted molar refractivity (Wildman–Crippen MR) is 55.6 cm³/mol. The average Bonchev–Trinajstić information content (AvgIpc) is 2.99. The molecule has 1 aliphatic rings. The maximum absolute atomic E-state index is 11.6. The Morgan fingerprint density at radius 1 is 1.75 bits per heavy atom. The molecule has 0 bridgehead atoms. The molecule has 0 radical (unpaired) electrons. The van der Waals surface area contributed by atoms with E-state index in [1.54, 1.807) is 0 Å². The lowest BCUT2D eigenvalue weighted by atomic mass is 10.3. The molecule has 6 nitrogen and oxygen atoms in total. The van der Waals surface area contributed by atoms with Gasteiger partial charge in [-0.15, -0.1) is 0 Å². The second kappa shape index (κ2) is 4.63. The van der Waals surface area contributed by atoms with E-state index in [0.717, 1.165) is 0 Å². The second-order valence-electron chi connectivity index (χ2n) is 4.01. The number of hydrogen-bond acceptors (Lipinski definition) is 5. The van der Waals surface area contributed by atoms with Crippen molar-refractivity contribution >= 4 is 5.91 Å². The molecule has 0 aliphatic heterocycles. The fourth-order valence-electron chi connectivity index (χ4n) is 1.29. The smallest absolute Gasteiger partial charge is 0.273 e. The predicted octanol–water partition coefficient (Wildman–Crippen LogP) is -0.194. The van der Waals surface area contributed by atoms with Crippen LogP contribution in [0.3, 0.4) is 0 Å². The van der Waals surface area contributed by atoms with Gasteiger partial charge in [0.05, 0.1) is 6.61 Å². The molecule has 1 aliphatic carbocycles. The first-order valence-electron chi connectivity index (χ1n) is 5.30. The van der Waals surface area contributed by atoms with Crippen molar-refractivity contribution in [1.29, 1.82) is 0 Å². The van der Waals surface area contributed by atoms with E-state index < -0.39 is 6.04 Å². The molecule has 1 unspecified atom stereocenters. The standard InChI is InChI=1S/C10H15N3O3/c11-7(4-14)10-13-8(5-16-10)9(15)12-3-6-1-2-6/h5-7,14H,1-4,11H2,(H,12,15). The van der Waals surface area contributed by atoms with Crippen molar-refractivity contribution in [2.45, 2.75) is 18.9 Å². The SMILES string of the molecule is NC(CO)c1nc(C(=O)NCC2CC2)co1. The van der Waals surface area contributed by atoms with E-state index >= 15 is 0 Å². The first-order chi connectivity index (χ1) is 7.70. The van der Waals surface area contributed by atoms with Gasteiger partial charge in [-0.2, -0.15) is 0 Å². The van der Waals surface area contributed by atoms with E-state index in [1.165, 1.54) is 19.1 Å². The summed E-state index contributed by atoms with van der Waals surface area (Å²) in [5.41, 5.74) is 5.71. The summed E-state index contributed by atoms with van der Waals surface area (Å²) in [5.74, 6) is 0.543. The van der Waals surface area contributed by atoms with Gasteiger partial charge in [0, 0.05) is 6.54 Å². The van der Waals surface area contributed by atoms with Crippen LogP contribution < -0.4 is 11.1 Å². The van der Waals surface area contributed by atoms with Crippen molar-refractivity contribution in [3.05, 3.63) is 17.8 Å². The molecule has 1 heterocycles. The minimum absolute atomic E-state index is 0.180. The summed E-state index contributed by atoms with van der Waals surface area (Å²) in [6.07, 6.45) is 3.62. The van der Waals surface area contributed by atoms with Crippen molar-refractivity contribution in [2.24, 2.45) is 11.7 Å². The highest BCUT2D eigenvalue weighted by Gasteiger charge is 2.23. The first kappa shape index (κ1) is 11.1. The van der Waals surface area contributed by atoms with E-state index in [2.05, 4.69) is 10.3 Å². The molecule has 1 aromatic rings. The minimum atomic E-state index is -0.676. The Labute approximate surface area is 92.8 Å². The molecule has 0 aromatic carbocycles. The van der Waals surface area contributed by atoms with Gasteiger partial charge in [-0.05, 0) is 18.8 Å². The number of carbonyl (C=O) groups excluding carboxylic acids is 1. The van der Waals surface area contributed by atoms with Gasteiger partial charge in [0.25, 0.3) is 5.91 Å². The van der Waals surface area contributed by atoms with Crippen molar-refractivity contribution < 1.29 is 14.3 Å². The van der Waals surface area contributed by atoms with Crippen molar-refractivity contribution in [1.82, 2.24) is 10.3 Å². The van der Waals surface area contributed by atoms with Gasteiger partial charge in [-0.25, -0.2) is 4.98 Å². The molecule has 1 amide bonds. The summed E-state index contributed by atoms with van der Waals surface area (Å²) in [4.78, 5) is 15.5. The fraction of sp³-hybridized carbons (Fsp3) is 0.600. The van der Waals surface area contributed by atoms with E-state index in [1.807, 2.05) is 0 Å². The number of aromatic nitrogens is 1. The molecule has 1 atom stereocenters. The summed E-state index contributed by atoms with van der Waals surface area (Å²) in [5, 5.41) is 11.6. The molecular weight excluding hydrogens is 210 g/mol. The van der Waals surface area contributed by atoms with Gasteiger partial charge >= 0.3 is 0 Å². The molecule has 1 saturated carbocycles. The number of nitrogens with zero attached hydrogens (tertiary/aromatic N) is 1. The third-order valence-electron chi connectivity index (χ3n) is 2.52. The second-order valence-corrected chi connectivity index (χ2v) is 4.01. The number of rotatable bonds is 5. The summed E-state index contributed by atoms with van der Waals surface area (Å²) < 4.78 is 5.00. The zero-order valence-electron chi connectivity index (χ0n) is 8.85. The van der Waals surface area contributed by atoms with Gasteiger partial charge in [-0.3, -0.25) is 4.79 Å². The largest absolute Gasteiger partial charge is 0.446 e. The first-order valence-corrected chi connectivity index (χ1v) is 5.30. The van der Waals surface area contributed by atoms with Crippen LogP contribution in [-0.2, 0) is 0 Å².